The van der Waals surface area contributed by atoms with Gasteiger partial charge in [0.15, 0.2) is 0 Å². The number of rotatable bonds is 6. The molecule has 1 saturated heterocycles. The molecular weight excluding hydrogens is 322 g/mol. The van der Waals surface area contributed by atoms with Gasteiger partial charge in [0.25, 0.3) is 0 Å². The second-order valence-electron chi connectivity index (χ2n) is 6.72. The summed E-state index contributed by atoms with van der Waals surface area (Å²) in [6, 6.07) is 3.69. The van der Waals surface area contributed by atoms with E-state index in [0.29, 0.717) is 12.5 Å². The lowest BCUT2D eigenvalue weighted by molar-refractivity contribution is -0.125. The van der Waals surface area contributed by atoms with E-state index in [9.17, 15) is 4.79 Å². The van der Waals surface area contributed by atoms with Crippen molar-refractivity contribution in [1.82, 2.24) is 15.2 Å². The predicted octanol–water partition coefficient (Wildman–Crippen LogP) is 3.28. The Balaban J connectivity index is 1.33. The molecular formula is C18H23N3O2S. The second kappa shape index (κ2) is 7.07. The third-order valence-corrected chi connectivity index (χ3v) is 6.21. The van der Waals surface area contributed by atoms with E-state index in [2.05, 4.69) is 15.2 Å². The van der Waals surface area contributed by atoms with E-state index in [1.165, 1.54) is 29.1 Å². The Bertz CT molecular complexity index is 678. The van der Waals surface area contributed by atoms with Gasteiger partial charge in [0, 0.05) is 23.5 Å². The number of nitrogens with zero attached hydrogens (tertiary/aromatic N) is 2. The maximum atomic E-state index is 12.5. The summed E-state index contributed by atoms with van der Waals surface area (Å²) >= 11 is 1.83. The van der Waals surface area contributed by atoms with Gasteiger partial charge in [0.1, 0.15) is 5.76 Å². The van der Waals surface area contributed by atoms with Gasteiger partial charge in [0.2, 0.25) is 5.91 Å². The number of nitrogens with one attached hydrogen (secondary N) is 1. The van der Waals surface area contributed by atoms with Crippen LogP contribution in [0.5, 0.6) is 0 Å². The van der Waals surface area contributed by atoms with Crippen LogP contribution < -0.4 is 5.32 Å². The van der Waals surface area contributed by atoms with E-state index in [-0.39, 0.29) is 11.9 Å². The topological polar surface area (TPSA) is 58.4 Å². The summed E-state index contributed by atoms with van der Waals surface area (Å²) in [6.07, 6.45) is 9.55. The zero-order chi connectivity index (χ0) is 16.4. The van der Waals surface area contributed by atoms with Crippen molar-refractivity contribution in [2.75, 3.05) is 6.54 Å². The van der Waals surface area contributed by atoms with Gasteiger partial charge in [-0.05, 0) is 44.4 Å². The van der Waals surface area contributed by atoms with E-state index in [4.69, 9.17) is 4.42 Å². The summed E-state index contributed by atoms with van der Waals surface area (Å²) < 4.78 is 5.28. The molecule has 3 heterocycles. The molecule has 1 aliphatic carbocycles. The summed E-state index contributed by atoms with van der Waals surface area (Å²) in [4.78, 5) is 20.7. The Kier molecular flexibility index (Phi) is 4.67. The molecule has 2 aliphatic rings. The number of thiazole rings is 1. The number of likely N-dealkylation sites (tertiary alicyclic amines) is 1. The van der Waals surface area contributed by atoms with Crippen molar-refractivity contribution in [3.05, 3.63) is 40.2 Å². The second-order valence-corrected chi connectivity index (χ2v) is 7.87. The highest BCUT2D eigenvalue weighted by molar-refractivity contribution is 7.11. The minimum atomic E-state index is -0.0331. The fourth-order valence-corrected chi connectivity index (χ4v) is 4.57. The van der Waals surface area contributed by atoms with Crippen LogP contribution >= 0.6 is 11.3 Å². The third kappa shape index (κ3) is 3.39. The fraction of sp³-hybridized carbons (Fsp3) is 0.556. The van der Waals surface area contributed by atoms with E-state index < -0.39 is 0 Å². The zero-order valence-electron chi connectivity index (χ0n) is 13.7. The summed E-state index contributed by atoms with van der Waals surface area (Å²) in [5.74, 6) is 1.59. The molecule has 5 nitrogen and oxygen atoms in total. The van der Waals surface area contributed by atoms with Crippen LogP contribution in [-0.4, -0.2) is 28.4 Å². The quantitative estimate of drug-likeness (QED) is 0.873. The fourth-order valence-electron chi connectivity index (χ4n) is 3.46. The van der Waals surface area contributed by atoms with Crippen LogP contribution in [0.1, 0.15) is 53.7 Å². The molecule has 0 unspecified atom stereocenters. The molecule has 1 amide bonds. The first kappa shape index (κ1) is 15.8. The van der Waals surface area contributed by atoms with Crippen LogP contribution in [0.25, 0.3) is 0 Å². The van der Waals surface area contributed by atoms with Crippen molar-refractivity contribution in [1.29, 1.82) is 0 Å². The summed E-state index contributed by atoms with van der Waals surface area (Å²) in [5.41, 5.74) is 0. The van der Waals surface area contributed by atoms with Crippen LogP contribution in [0.15, 0.2) is 29.0 Å². The molecule has 1 atom stereocenters. The minimum Gasteiger partial charge on any atom is -0.467 e. The smallest absolute Gasteiger partial charge is 0.237 e. The molecule has 1 aliphatic heterocycles. The molecule has 24 heavy (non-hydrogen) atoms. The van der Waals surface area contributed by atoms with Crippen molar-refractivity contribution in [2.24, 2.45) is 0 Å². The number of amides is 1. The normalized spacial score (nSPS) is 21.8. The molecule has 4 rings (SSSR count). The SMILES string of the molecule is O=C(NCc1ccco1)[C@@H]1CCCN1Cc1cnc(C2CCC2)s1. The first-order chi connectivity index (χ1) is 11.8. The zero-order valence-corrected chi connectivity index (χ0v) is 14.6. The van der Waals surface area contributed by atoms with E-state index >= 15 is 0 Å². The lowest BCUT2D eigenvalue weighted by Gasteiger charge is -2.23. The first-order valence-corrected chi connectivity index (χ1v) is 9.60. The molecule has 128 valence electrons. The standard InChI is InChI=1S/C18H23N3O2S/c22-17(19-10-14-6-3-9-23-14)16-7-2-8-21(16)12-15-11-20-18(24-15)13-4-1-5-13/h3,6,9,11,13,16H,1-2,4-5,7-8,10,12H2,(H,19,22)/t16-/m0/s1. The molecule has 2 aromatic heterocycles. The number of furan rings is 1. The number of carbonyl (C=O) groups excluding carboxylic acids is 1. The molecule has 1 saturated carbocycles. The lowest BCUT2D eigenvalue weighted by Crippen LogP contribution is -2.42. The highest BCUT2D eigenvalue weighted by atomic mass is 32.1. The molecule has 6 heteroatoms. The van der Waals surface area contributed by atoms with Crippen LogP contribution in [0.4, 0.5) is 0 Å². The van der Waals surface area contributed by atoms with Crippen molar-refractivity contribution in [3.8, 4) is 0 Å². The van der Waals surface area contributed by atoms with Gasteiger partial charge in [-0.1, -0.05) is 6.42 Å². The van der Waals surface area contributed by atoms with Gasteiger partial charge in [-0.25, -0.2) is 4.98 Å². The highest BCUT2D eigenvalue weighted by Gasteiger charge is 2.31. The molecule has 2 fully saturated rings. The van der Waals surface area contributed by atoms with Crippen molar-refractivity contribution >= 4 is 17.2 Å². The van der Waals surface area contributed by atoms with Crippen molar-refractivity contribution < 1.29 is 9.21 Å². The van der Waals surface area contributed by atoms with E-state index in [0.717, 1.165) is 31.7 Å². The van der Waals surface area contributed by atoms with Crippen LogP contribution in [0.2, 0.25) is 0 Å². The number of aromatic nitrogens is 1. The van der Waals surface area contributed by atoms with Gasteiger partial charge in [-0.15, -0.1) is 11.3 Å². The maximum Gasteiger partial charge on any atom is 0.237 e. The van der Waals surface area contributed by atoms with Crippen LogP contribution in [0, 0.1) is 0 Å². The summed E-state index contributed by atoms with van der Waals surface area (Å²) in [7, 11) is 0. The van der Waals surface area contributed by atoms with Gasteiger partial charge in [-0.2, -0.15) is 0 Å². The number of carbonyl (C=O) groups is 1. The summed E-state index contributed by atoms with van der Waals surface area (Å²) in [6.45, 7) is 2.28. The van der Waals surface area contributed by atoms with Crippen LogP contribution in [-0.2, 0) is 17.9 Å². The molecule has 0 radical (unpaired) electrons. The third-order valence-electron chi connectivity index (χ3n) is 5.07. The van der Waals surface area contributed by atoms with Gasteiger partial charge >= 0.3 is 0 Å². The van der Waals surface area contributed by atoms with Crippen LogP contribution in [0.3, 0.4) is 0 Å². The largest absolute Gasteiger partial charge is 0.467 e. The summed E-state index contributed by atoms with van der Waals surface area (Å²) in [5, 5.41) is 4.28. The lowest BCUT2D eigenvalue weighted by atomic mass is 9.86. The predicted molar refractivity (Wildman–Crippen MR) is 92.7 cm³/mol. The highest BCUT2D eigenvalue weighted by Crippen LogP contribution is 2.38. The molecule has 1 N–H and O–H groups in total. The maximum absolute atomic E-state index is 12.5. The average molecular weight is 345 g/mol. The van der Waals surface area contributed by atoms with Gasteiger partial charge in [-0.3, -0.25) is 9.69 Å². The van der Waals surface area contributed by atoms with E-state index in [1.54, 1.807) is 6.26 Å². The first-order valence-electron chi connectivity index (χ1n) is 8.78. The Labute approximate surface area is 146 Å². The average Bonchev–Trinajstić information content (AvgIpc) is 3.25. The minimum absolute atomic E-state index is 0.0331. The van der Waals surface area contributed by atoms with Gasteiger partial charge in [0.05, 0.1) is 23.9 Å². The molecule has 0 aromatic carbocycles. The van der Waals surface area contributed by atoms with E-state index in [1.807, 2.05) is 29.7 Å². The van der Waals surface area contributed by atoms with Crippen molar-refractivity contribution in [2.45, 2.75) is 57.2 Å². The Morgan fingerprint density at radius 3 is 3.04 bits per heavy atom. The Morgan fingerprint density at radius 1 is 1.38 bits per heavy atom. The number of hydrogen-bond acceptors (Lipinski definition) is 5. The monoisotopic (exact) mass is 345 g/mol. The molecule has 0 bridgehead atoms. The number of hydrogen-bond donors (Lipinski definition) is 1. The van der Waals surface area contributed by atoms with Gasteiger partial charge < -0.3 is 9.73 Å². The van der Waals surface area contributed by atoms with Crippen molar-refractivity contribution in [3.63, 3.8) is 0 Å². The molecule has 0 spiro atoms. The molecule has 2 aromatic rings. The Morgan fingerprint density at radius 2 is 2.29 bits per heavy atom. The Hall–Kier alpha value is -1.66.